The van der Waals surface area contributed by atoms with Crippen molar-refractivity contribution in [3.05, 3.63) is 58.9 Å². The molecular formula is C13H7F5O. The van der Waals surface area contributed by atoms with Crippen LogP contribution in [0.1, 0.15) is 5.56 Å². The highest BCUT2D eigenvalue weighted by Crippen LogP contribution is 2.29. The fraction of sp³-hybridized carbons (Fsp3) is 0.0769. The molecule has 0 radical (unpaired) electrons. The molecular weight excluding hydrogens is 267 g/mol. The highest BCUT2D eigenvalue weighted by molar-refractivity contribution is 5.65. The van der Waals surface area contributed by atoms with E-state index in [0.717, 1.165) is 12.1 Å². The van der Waals surface area contributed by atoms with Gasteiger partial charge in [-0.2, -0.15) is 0 Å². The van der Waals surface area contributed by atoms with Gasteiger partial charge < -0.3 is 5.11 Å². The number of aliphatic hydroxyl groups excluding tert-OH is 1. The molecule has 19 heavy (non-hydrogen) atoms. The zero-order chi connectivity index (χ0) is 14.2. The van der Waals surface area contributed by atoms with Crippen LogP contribution >= 0.6 is 0 Å². The summed E-state index contributed by atoms with van der Waals surface area (Å²) in [7, 11) is 0. The summed E-state index contributed by atoms with van der Waals surface area (Å²) in [6, 6.07) is 2.66. The minimum Gasteiger partial charge on any atom is -0.392 e. The van der Waals surface area contributed by atoms with Gasteiger partial charge in [0, 0.05) is 0 Å². The average molecular weight is 274 g/mol. The van der Waals surface area contributed by atoms with E-state index < -0.39 is 46.8 Å². The standard InChI is InChI=1S/C13H7F5O/c14-8-1-6(5-19)2-9(15)12(8)7-3-10(16)13(18)11(17)4-7/h1-4,19H,5H2. The summed E-state index contributed by atoms with van der Waals surface area (Å²) in [6.07, 6.45) is 0. The first-order valence-corrected chi connectivity index (χ1v) is 5.17. The maximum atomic E-state index is 13.7. The Bertz CT molecular complexity index is 593. The molecule has 0 atom stereocenters. The van der Waals surface area contributed by atoms with Gasteiger partial charge in [0.25, 0.3) is 0 Å². The van der Waals surface area contributed by atoms with Gasteiger partial charge in [0.1, 0.15) is 11.6 Å². The maximum absolute atomic E-state index is 13.7. The van der Waals surface area contributed by atoms with Gasteiger partial charge in [-0.25, -0.2) is 22.0 Å². The zero-order valence-electron chi connectivity index (χ0n) is 9.35. The molecule has 1 nitrogen and oxygen atoms in total. The molecule has 0 saturated carbocycles. The Hall–Kier alpha value is -1.95. The average Bonchev–Trinajstić information content (AvgIpc) is 2.34. The first-order chi connectivity index (χ1) is 8.93. The molecule has 0 aromatic heterocycles. The van der Waals surface area contributed by atoms with Crippen LogP contribution in [0, 0.1) is 29.1 Å². The molecule has 0 aliphatic carbocycles. The summed E-state index contributed by atoms with van der Waals surface area (Å²) in [5.41, 5.74) is -1.17. The number of hydrogen-bond donors (Lipinski definition) is 1. The molecule has 0 aliphatic rings. The lowest BCUT2D eigenvalue weighted by atomic mass is 10.0. The van der Waals surface area contributed by atoms with Crippen LogP contribution in [0.15, 0.2) is 24.3 Å². The van der Waals surface area contributed by atoms with Gasteiger partial charge in [0.2, 0.25) is 0 Å². The van der Waals surface area contributed by atoms with E-state index in [1.54, 1.807) is 0 Å². The van der Waals surface area contributed by atoms with Crippen LogP contribution in [0.5, 0.6) is 0 Å². The monoisotopic (exact) mass is 274 g/mol. The largest absolute Gasteiger partial charge is 0.392 e. The smallest absolute Gasteiger partial charge is 0.194 e. The molecule has 0 bridgehead atoms. The van der Waals surface area contributed by atoms with Crippen LogP contribution in [-0.2, 0) is 6.61 Å². The van der Waals surface area contributed by atoms with Gasteiger partial charge >= 0.3 is 0 Å². The summed E-state index contributed by atoms with van der Waals surface area (Å²) in [6.45, 7) is -0.583. The Morgan fingerprint density at radius 3 is 1.63 bits per heavy atom. The predicted octanol–water partition coefficient (Wildman–Crippen LogP) is 3.54. The van der Waals surface area contributed by atoms with Crippen LogP contribution in [0.25, 0.3) is 11.1 Å². The zero-order valence-corrected chi connectivity index (χ0v) is 9.35. The number of aliphatic hydroxyl groups is 1. The minimum absolute atomic E-state index is 0.0261. The third-order valence-corrected chi connectivity index (χ3v) is 2.56. The van der Waals surface area contributed by atoms with Gasteiger partial charge in [-0.05, 0) is 35.4 Å². The molecule has 6 heteroatoms. The van der Waals surface area contributed by atoms with E-state index in [2.05, 4.69) is 0 Å². The molecule has 2 aromatic carbocycles. The van der Waals surface area contributed by atoms with Crippen LogP contribution in [0.2, 0.25) is 0 Å². The van der Waals surface area contributed by atoms with E-state index in [1.807, 2.05) is 0 Å². The van der Waals surface area contributed by atoms with E-state index in [9.17, 15) is 22.0 Å². The molecule has 0 aliphatic heterocycles. The molecule has 0 saturated heterocycles. The van der Waals surface area contributed by atoms with Crippen molar-refractivity contribution in [2.24, 2.45) is 0 Å². The lowest BCUT2D eigenvalue weighted by Gasteiger charge is -2.08. The fourth-order valence-electron chi connectivity index (χ4n) is 1.69. The summed E-state index contributed by atoms with van der Waals surface area (Å²) in [5.74, 6) is -7.00. The SMILES string of the molecule is OCc1cc(F)c(-c2cc(F)c(F)c(F)c2)c(F)c1. The van der Waals surface area contributed by atoms with Gasteiger partial charge in [0.15, 0.2) is 17.5 Å². The van der Waals surface area contributed by atoms with Gasteiger partial charge in [0.05, 0.1) is 12.2 Å². The van der Waals surface area contributed by atoms with Crippen LogP contribution in [-0.4, -0.2) is 5.11 Å². The van der Waals surface area contributed by atoms with E-state index >= 15 is 0 Å². The van der Waals surface area contributed by atoms with E-state index in [0.29, 0.717) is 12.1 Å². The van der Waals surface area contributed by atoms with Crippen molar-refractivity contribution in [1.82, 2.24) is 0 Å². The number of benzene rings is 2. The first kappa shape index (κ1) is 13.5. The summed E-state index contributed by atoms with van der Waals surface area (Å²) in [5, 5.41) is 8.77. The van der Waals surface area contributed by atoms with Crippen LogP contribution in [0.4, 0.5) is 22.0 Å². The molecule has 2 rings (SSSR count). The van der Waals surface area contributed by atoms with Crippen molar-refractivity contribution >= 4 is 0 Å². The van der Waals surface area contributed by atoms with E-state index in [1.165, 1.54) is 0 Å². The third kappa shape index (κ3) is 2.44. The molecule has 0 fully saturated rings. The second-order valence-corrected chi connectivity index (χ2v) is 3.85. The molecule has 1 N–H and O–H groups in total. The van der Waals surface area contributed by atoms with Crippen LogP contribution < -0.4 is 0 Å². The first-order valence-electron chi connectivity index (χ1n) is 5.17. The molecule has 2 aromatic rings. The Labute approximate surface area is 104 Å². The Kier molecular flexibility index (Phi) is 3.53. The molecule has 100 valence electrons. The van der Waals surface area contributed by atoms with Crippen molar-refractivity contribution in [3.8, 4) is 11.1 Å². The van der Waals surface area contributed by atoms with Crippen molar-refractivity contribution in [3.63, 3.8) is 0 Å². The highest BCUT2D eigenvalue weighted by Gasteiger charge is 2.18. The molecule has 0 heterocycles. The predicted molar refractivity (Wildman–Crippen MR) is 57.6 cm³/mol. The second kappa shape index (κ2) is 4.97. The van der Waals surface area contributed by atoms with Gasteiger partial charge in [-0.3, -0.25) is 0 Å². The maximum Gasteiger partial charge on any atom is 0.194 e. The summed E-state index contributed by atoms with van der Waals surface area (Å²) >= 11 is 0. The van der Waals surface area contributed by atoms with Crippen molar-refractivity contribution in [2.75, 3.05) is 0 Å². The van der Waals surface area contributed by atoms with Gasteiger partial charge in [-0.1, -0.05) is 0 Å². The van der Waals surface area contributed by atoms with Crippen molar-refractivity contribution < 1.29 is 27.1 Å². The Balaban J connectivity index is 2.66. The summed E-state index contributed by atoms with van der Waals surface area (Å²) in [4.78, 5) is 0. The normalized spacial score (nSPS) is 10.8. The highest BCUT2D eigenvalue weighted by atomic mass is 19.2. The van der Waals surface area contributed by atoms with Gasteiger partial charge in [-0.15, -0.1) is 0 Å². The van der Waals surface area contributed by atoms with E-state index in [4.69, 9.17) is 5.11 Å². The Morgan fingerprint density at radius 2 is 1.21 bits per heavy atom. The minimum atomic E-state index is -1.71. The Morgan fingerprint density at radius 1 is 0.737 bits per heavy atom. The van der Waals surface area contributed by atoms with E-state index in [-0.39, 0.29) is 5.56 Å². The molecule has 0 spiro atoms. The lowest BCUT2D eigenvalue weighted by molar-refractivity contribution is 0.280. The summed E-state index contributed by atoms with van der Waals surface area (Å²) < 4.78 is 66.2. The van der Waals surface area contributed by atoms with Crippen molar-refractivity contribution in [1.29, 1.82) is 0 Å². The third-order valence-electron chi connectivity index (χ3n) is 2.56. The fourth-order valence-corrected chi connectivity index (χ4v) is 1.69. The lowest BCUT2D eigenvalue weighted by Crippen LogP contribution is -1.97. The second-order valence-electron chi connectivity index (χ2n) is 3.85. The number of hydrogen-bond acceptors (Lipinski definition) is 1. The molecule has 0 unspecified atom stereocenters. The van der Waals surface area contributed by atoms with Crippen LogP contribution in [0.3, 0.4) is 0 Å². The number of halogens is 5. The molecule has 0 amide bonds. The quantitative estimate of drug-likeness (QED) is 0.656. The number of rotatable bonds is 2. The van der Waals surface area contributed by atoms with Crippen molar-refractivity contribution in [2.45, 2.75) is 6.61 Å². The topological polar surface area (TPSA) is 20.2 Å².